The predicted octanol–water partition coefficient (Wildman–Crippen LogP) is 3.11. The van der Waals surface area contributed by atoms with Crippen LogP contribution in [0, 0.1) is 13.8 Å². The Bertz CT molecular complexity index is 744. The van der Waals surface area contributed by atoms with Crippen molar-refractivity contribution in [2.45, 2.75) is 19.9 Å². The van der Waals surface area contributed by atoms with E-state index in [1.165, 1.54) is 0 Å². The van der Waals surface area contributed by atoms with Crippen molar-refractivity contribution in [3.8, 4) is 11.5 Å². The fourth-order valence-electron chi connectivity index (χ4n) is 2.80. The number of carbonyl (C=O) groups excluding carboxylic acids is 1. The summed E-state index contributed by atoms with van der Waals surface area (Å²) in [4.78, 5) is 14.3. The van der Waals surface area contributed by atoms with E-state index >= 15 is 0 Å². The lowest BCUT2D eigenvalue weighted by Crippen LogP contribution is -2.37. The van der Waals surface area contributed by atoms with Gasteiger partial charge < -0.3 is 19.7 Å². The number of nitrogens with zero attached hydrogens (tertiary/aromatic N) is 1. The third kappa shape index (κ3) is 4.99. The van der Waals surface area contributed by atoms with Gasteiger partial charge in [-0.1, -0.05) is 30.3 Å². The largest absolute Gasteiger partial charge is 0.496 e. The van der Waals surface area contributed by atoms with Gasteiger partial charge in [0.05, 0.1) is 13.2 Å². The topological polar surface area (TPSA) is 50.8 Å². The molecule has 0 fully saturated rings. The van der Waals surface area contributed by atoms with Crippen LogP contribution in [-0.2, 0) is 4.79 Å². The molecule has 2 aromatic carbocycles. The normalized spacial score (nSPS) is 11.9. The maximum atomic E-state index is 12.2. The van der Waals surface area contributed by atoms with Crippen LogP contribution in [0.15, 0.2) is 42.5 Å². The Balaban J connectivity index is 1.96. The number of carbonyl (C=O) groups is 1. The summed E-state index contributed by atoms with van der Waals surface area (Å²) in [6.07, 6.45) is 0. The van der Waals surface area contributed by atoms with E-state index < -0.39 is 0 Å². The molecule has 1 unspecified atom stereocenters. The van der Waals surface area contributed by atoms with Gasteiger partial charge in [0.2, 0.25) is 0 Å². The molecule has 2 rings (SSSR count). The molecule has 0 spiro atoms. The number of methoxy groups -OCH3 is 1. The van der Waals surface area contributed by atoms with Crippen molar-refractivity contribution in [1.29, 1.82) is 0 Å². The molecule has 0 saturated heterocycles. The van der Waals surface area contributed by atoms with E-state index in [0.717, 1.165) is 28.2 Å². The Kier molecular flexibility index (Phi) is 7.04. The van der Waals surface area contributed by atoms with Gasteiger partial charge in [0, 0.05) is 12.1 Å². The van der Waals surface area contributed by atoms with Gasteiger partial charge in [-0.2, -0.15) is 0 Å². The maximum absolute atomic E-state index is 12.2. The lowest BCUT2D eigenvalue weighted by Gasteiger charge is -2.26. The van der Waals surface area contributed by atoms with E-state index in [9.17, 15) is 4.79 Å². The third-order valence-electron chi connectivity index (χ3n) is 4.53. The van der Waals surface area contributed by atoms with E-state index in [1.807, 2.05) is 70.4 Å². The zero-order valence-electron chi connectivity index (χ0n) is 16.2. The number of benzene rings is 2. The number of rotatable bonds is 8. The molecule has 0 aromatic heterocycles. The number of hydrogen-bond acceptors (Lipinski definition) is 4. The molecule has 0 saturated carbocycles. The number of para-hydroxylation sites is 1. The van der Waals surface area contributed by atoms with Crippen LogP contribution in [0.25, 0.3) is 0 Å². The van der Waals surface area contributed by atoms with Crippen molar-refractivity contribution >= 4 is 5.91 Å². The highest BCUT2D eigenvalue weighted by Gasteiger charge is 2.19. The number of amides is 1. The molecular weight excluding hydrogens is 328 g/mol. The van der Waals surface area contributed by atoms with Gasteiger partial charge in [0.1, 0.15) is 11.5 Å². The van der Waals surface area contributed by atoms with Crippen LogP contribution in [0.2, 0.25) is 0 Å². The fraction of sp³-hybridized carbons (Fsp3) is 0.381. The molecule has 0 radical (unpaired) electrons. The van der Waals surface area contributed by atoms with Crippen molar-refractivity contribution in [1.82, 2.24) is 10.2 Å². The van der Waals surface area contributed by atoms with E-state index in [0.29, 0.717) is 6.54 Å². The predicted molar refractivity (Wildman–Crippen MR) is 104 cm³/mol. The first-order chi connectivity index (χ1) is 12.4. The molecule has 0 aliphatic carbocycles. The molecular formula is C21H28N2O3. The van der Waals surface area contributed by atoms with Crippen molar-refractivity contribution in [2.75, 3.05) is 34.4 Å². The van der Waals surface area contributed by atoms with Crippen molar-refractivity contribution < 1.29 is 14.3 Å². The summed E-state index contributed by atoms with van der Waals surface area (Å²) < 4.78 is 11.1. The second-order valence-electron chi connectivity index (χ2n) is 6.51. The second-order valence-corrected chi connectivity index (χ2v) is 6.51. The van der Waals surface area contributed by atoms with Crippen LogP contribution in [0.3, 0.4) is 0 Å². The Morgan fingerprint density at radius 1 is 1.08 bits per heavy atom. The minimum Gasteiger partial charge on any atom is -0.496 e. The van der Waals surface area contributed by atoms with Crippen molar-refractivity contribution in [3.05, 3.63) is 59.2 Å². The smallest absolute Gasteiger partial charge is 0.258 e. The Morgan fingerprint density at radius 2 is 1.77 bits per heavy atom. The monoisotopic (exact) mass is 356 g/mol. The minimum absolute atomic E-state index is 0.00360. The van der Waals surface area contributed by atoms with E-state index in [2.05, 4.69) is 10.2 Å². The molecule has 0 bridgehead atoms. The number of nitrogens with one attached hydrogen (secondary N) is 1. The van der Waals surface area contributed by atoms with Gasteiger partial charge in [-0.05, 0) is 51.2 Å². The van der Waals surface area contributed by atoms with Crippen molar-refractivity contribution in [2.24, 2.45) is 0 Å². The molecule has 1 amide bonds. The molecule has 26 heavy (non-hydrogen) atoms. The Morgan fingerprint density at radius 3 is 2.46 bits per heavy atom. The Labute approximate surface area is 155 Å². The molecule has 0 heterocycles. The molecule has 2 aromatic rings. The summed E-state index contributed by atoms with van der Waals surface area (Å²) in [6, 6.07) is 13.7. The average molecular weight is 356 g/mol. The summed E-state index contributed by atoms with van der Waals surface area (Å²) in [5.41, 5.74) is 3.24. The van der Waals surface area contributed by atoms with Crippen LogP contribution in [0.1, 0.15) is 22.7 Å². The summed E-state index contributed by atoms with van der Waals surface area (Å²) in [5, 5.41) is 2.96. The van der Waals surface area contributed by atoms with Crippen LogP contribution < -0.4 is 14.8 Å². The summed E-state index contributed by atoms with van der Waals surface area (Å²) >= 11 is 0. The first-order valence-electron chi connectivity index (χ1n) is 8.69. The fourth-order valence-corrected chi connectivity index (χ4v) is 2.80. The lowest BCUT2D eigenvalue weighted by atomic mass is 10.0. The molecule has 5 nitrogen and oxygen atoms in total. The van der Waals surface area contributed by atoms with Gasteiger partial charge in [0.25, 0.3) is 5.91 Å². The van der Waals surface area contributed by atoms with Gasteiger partial charge in [-0.3, -0.25) is 4.79 Å². The molecule has 140 valence electrons. The highest BCUT2D eigenvalue weighted by molar-refractivity contribution is 5.77. The molecule has 1 N–H and O–H groups in total. The van der Waals surface area contributed by atoms with E-state index in [1.54, 1.807) is 7.11 Å². The first kappa shape index (κ1) is 19.8. The number of ether oxygens (including phenoxy) is 2. The highest BCUT2D eigenvalue weighted by Crippen LogP contribution is 2.27. The quantitative estimate of drug-likeness (QED) is 0.790. The van der Waals surface area contributed by atoms with E-state index in [4.69, 9.17) is 9.47 Å². The minimum atomic E-state index is -0.146. The van der Waals surface area contributed by atoms with Gasteiger partial charge in [-0.25, -0.2) is 0 Å². The number of aryl methyl sites for hydroxylation is 1. The van der Waals surface area contributed by atoms with E-state index in [-0.39, 0.29) is 18.6 Å². The standard InChI is InChI=1S/C21H28N2O3/c1-15-9-8-12-19(16(15)2)26-14-21(24)22-13-18(23(3)4)17-10-6-7-11-20(17)25-5/h6-12,18H,13-14H2,1-5H3,(H,22,24). The van der Waals surface area contributed by atoms with Crippen molar-refractivity contribution in [3.63, 3.8) is 0 Å². The van der Waals surface area contributed by atoms with Crippen LogP contribution >= 0.6 is 0 Å². The highest BCUT2D eigenvalue weighted by atomic mass is 16.5. The Hall–Kier alpha value is -2.53. The zero-order chi connectivity index (χ0) is 19.1. The van der Waals surface area contributed by atoms with Gasteiger partial charge in [-0.15, -0.1) is 0 Å². The maximum Gasteiger partial charge on any atom is 0.258 e. The summed E-state index contributed by atoms with van der Waals surface area (Å²) in [7, 11) is 5.62. The first-order valence-corrected chi connectivity index (χ1v) is 8.69. The van der Waals surface area contributed by atoms with Gasteiger partial charge in [0.15, 0.2) is 6.61 Å². The molecule has 1 atom stereocenters. The zero-order valence-corrected chi connectivity index (χ0v) is 16.2. The molecule has 0 aliphatic heterocycles. The number of likely N-dealkylation sites (N-methyl/N-ethyl adjacent to an activating group) is 1. The molecule has 0 aliphatic rings. The van der Waals surface area contributed by atoms with Crippen LogP contribution in [-0.4, -0.2) is 45.2 Å². The molecule has 5 heteroatoms. The lowest BCUT2D eigenvalue weighted by molar-refractivity contribution is -0.123. The van der Waals surface area contributed by atoms with Gasteiger partial charge >= 0.3 is 0 Å². The third-order valence-corrected chi connectivity index (χ3v) is 4.53. The van der Waals surface area contributed by atoms with Crippen LogP contribution in [0.5, 0.6) is 11.5 Å². The van der Waals surface area contributed by atoms with Crippen LogP contribution in [0.4, 0.5) is 0 Å². The summed E-state index contributed by atoms with van der Waals surface area (Å²) in [5.74, 6) is 1.41. The summed E-state index contributed by atoms with van der Waals surface area (Å²) in [6.45, 7) is 4.49. The SMILES string of the molecule is COc1ccccc1C(CNC(=O)COc1cccc(C)c1C)N(C)C. The average Bonchev–Trinajstić information content (AvgIpc) is 2.63. The second kappa shape index (κ2) is 9.25. The number of hydrogen-bond donors (Lipinski definition) is 1.